The molecule has 4 rings (SSSR count). The summed E-state index contributed by atoms with van der Waals surface area (Å²) < 4.78 is 5.60. The SMILES string of the molecule is CON1CCC2(CC1)C(O)=C(c1cc(C)c(C)cc1Cl)C(=O)N2OC1CCCO1. The van der Waals surface area contributed by atoms with E-state index in [1.54, 1.807) is 7.11 Å². The first-order chi connectivity index (χ1) is 13.9. The maximum Gasteiger partial charge on any atom is 0.282 e. The molecule has 1 aromatic rings. The van der Waals surface area contributed by atoms with E-state index in [9.17, 15) is 9.90 Å². The minimum absolute atomic E-state index is 0.0152. The van der Waals surface area contributed by atoms with Gasteiger partial charge in [0.1, 0.15) is 11.3 Å². The summed E-state index contributed by atoms with van der Waals surface area (Å²) >= 11 is 6.49. The van der Waals surface area contributed by atoms with Crippen molar-refractivity contribution in [2.24, 2.45) is 0 Å². The standard InChI is InChI=1S/C21H27ClN2O5/c1-13-11-15(16(22)12-14(13)2)18-19(25)21(6-8-23(27-3)9-7-21)24(20(18)26)29-17-5-4-10-28-17/h11-12,17,25H,4-10H2,1-3H3. The van der Waals surface area contributed by atoms with Crippen molar-refractivity contribution in [2.45, 2.75) is 51.4 Å². The lowest BCUT2D eigenvalue weighted by Crippen LogP contribution is -2.55. The molecule has 0 saturated carbocycles. The molecular formula is C21H27ClN2O5. The first-order valence-electron chi connectivity index (χ1n) is 10.00. The minimum atomic E-state index is -0.949. The van der Waals surface area contributed by atoms with Crippen LogP contribution in [0, 0.1) is 13.8 Å². The van der Waals surface area contributed by atoms with Gasteiger partial charge in [-0.25, -0.2) is 9.90 Å². The van der Waals surface area contributed by atoms with Crippen LogP contribution in [-0.2, 0) is 19.2 Å². The third-order valence-corrected chi connectivity index (χ3v) is 6.55. The zero-order valence-electron chi connectivity index (χ0n) is 17.0. The number of hydroxylamine groups is 4. The number of hydrogen-bond acceptors (Lipinski definition) is 6. The zero-order chi connectivity index (χ0) is 20.8. The molecule has 7 nitrogen and oxygen atoms in total. The highest BCUT2D eigenvalue weighted by Crippen LogP contribution is 2.47. The fourth-order valence-corrected chi connectivity index (χ4v) is 4.63. The molecule has 0 bridgehead atoms. The van der Waals surface area contributed by atoms with E-state index in [0.29, 0.717) is 49.5 Å². The molecule has 1 amide bonds. The fraction of sp³-hybridized carbons (Fsp3) is 0.571. The Kier molecular flexibility index (Phi) is 5.61. The Hall–Kier alpha value is -1.64. The van der Waals surface area contributed by atoms with Crippen LogP contribution in [0.25, 0.3) is 5.57 Å². The first-order valence-corrected chi connectivity index (χ1v) is 10.4. The van der Waals surface area contributed by atoms with Gasteiger partial charge in [-0.15, -0.1) is 0 Å². The van der Waals surface area contributed by atoms with Gasteiger partial charge < -0.3 is 14.7 Å². The number of amides is 1. The summed E-state index contributed by atoms with van der Waals surface area (Å²) in [5.41, 5.74) is 1.82. The number of nitrogens with zero attached hydrogens (tertiary/aromatic N) is 2. The van der Waals surface area contributed by atoms with E-state index in [4.69, 9.17) is 26.0 Å². The summed E-state index contributed by atoms with van der Waals surface area (Å²) in [6.07, 6.45) is 2.07. The number of hydrogen-bond donors (Lipinski definition) is 1. The molecule has 1 unspecified atom stereocenters. The predicted octanol–water partition coefficient (Wildman–Crippen LogP) is 3.53. The maximum atomic E-state index is 13.5. The normalized spacial score (nSPS) is 24.9. The molecule has 0 aromatic heterocycles. The Morgan fingerprint density at radius 3 is 2.55 bits per heavy atom. The highest BCUT2D eigenvalue weighted by Gasteiger charge is 2.56. The molecule has 2 fully saturated rings. The van der Waals surface area contributed by atoms with E-state index < -0.39 is 11.8 Å². The van der Waals surface area contributed by atoms with Crippen molar-refractivity contribution >= 4 is 23.1 Å². The number of ether oxygens (including phenoxy) is 1. The summed E-state index contributed by atoms with van der Waals surface area (Å²) in [4.78, 5) is 24.9. The summed E-state index contributed by atoms with van der Waals surface area (Å²) in [5, 5.41) is 14.9. The van der Waals surface area contributed by atoms with Crippen LogP contribution in [-0.4, -0.2) is 59.8 Å². The number of rotatable bonds is 4. The Labute approximate surface area is 175 Å². The van der Waals surface area contributed by atoms with E-state index in [2.05, 4.69) is 0 Å². The highest BCUT2D eigenvalue weighted by molar-refractivity contribution is 6.35. The van der Waals surface area contributed by atoms with Crippen LogP contribution in [0.4, 0.5) is 0 Å². The van der Waals surface area contributed by atoms with Gasteiger partial charge >= 0.3 is 0 Å². The molecule has 1 N–H and O–H groups in total. The number of halogens is 1. The molecule has 8 heteroatoms. The van der Waals surface area contributed by atoms with Crippen molar-refractivity contribution in [3.8, 4) is 0 Å². The maximum absolute atomic E-state index is 13.5. The number of carbonyl (C=O) groups is 1. The number of benzene rings is 1. The lowest BCUT2D eigenvalue weighted by molar-refractivity contribution is -0.291. The predicted molar refractivity (Wildman–Crippen MR) is 108 cm³/mol. The van der Waals surface area contributed by atoms with Gasteiger partial charge in [-0.05, 0) is 56.4 Å². The summed E-state index contributed by atoms with van der Waals surface area (Å²) in [5.74, 6) is -0.365. The molecule has 158 valence electrons. The molecule has 29 heavy (non-hydrogen) atoms. The number of aliphatic hydroxyl groups excluding tert-OH is 1. The summed E-state index contributed by atoms with van der Waals surface area (Å²) in [6, 6.07) is 3.68. The van der Waals surface area contributed by atoms with Crippen LogP contribution >= 0.6 is 11.6 Å². The Morgan fingerprint density at radius 1 is 1.24 bits per heavy atom. The Morgan fingerprint density at radius 2 is 1.93 bits per heavy atom. The molecule has 2 saturated heterocycles. The van der Waals surface area contributed by atoms with Crippen molar-refractivity contribution in [1.29, 1.82) is 0 Å². The van der Waals surface area contributed by atoms with E-state index >= 15 is 0 Å². The number of carbonyl (C=O) groups excluding carboxylic acids is 1. The monoisotopic (exact) mass is 422 g/mol. The van der Waals surface area contributed by atoms with Crippen LogP contribution in [0.1, 0.15) is 42.4 Å². The second-order valence-corrected chi connectivity index (χ2v) is 8.34. The molecular weight excluding hydrogens is 396 g/mol. The number of piperidine rings is 1. The largest absolute Gasteiger partial charge is 0.509 e. The Bertz CT molecular complexity index is 842. The Balaban J connectivity index is 1.76. The number of aliphatic hydroxyl groups is 1. The van der Waals surface area contributed by atoms with Crippen LogP contribution in [0.3, 0.4) is 0 Å². The minimum Gasteiger partial charge on any atom is -0.509 e. The van der Waals surface area contributed by atoms with Crippen LogP contribution in [0.15, 0.2) is 17.9 Å². The number of aryl methyl sites for hydroxylation is 2. The fourth-order valence-electron chi connectivity index (χ4n) is 4.32. The summed E-state index contributed by atoms with van der Waals surface area (Å²) in [7, 11) is 1.62. The van der Waals surface area contributed by atoms with Gasteiger partial charge in [0.2, 0.25) is 0 Å². The third-order valence-electron chi connectivity index (χ3n) is 6.24. The highest BCUT2D eigenvalue weighted by atomic mass is 35.5. The van der Waals surface area contributed by atoms with E-state index in [0.717, 1.165) is 17.5 Å². The van der Waals surface area contributed by atoms with Crippen molar-refractivity contribution in [3.05, 3.63) is 39.6 Å². The van der Waals surface area contributed by atoms with Gasteiger partial charge in [-0.3, -0.25) is 4.79 Å². The van der Waals surface area contributed by atoms with Crippen molar-refractivity contribution < 1.29 is 24.3 Å². The second kappa shape index (κ2) is 7.89. The van der Waals surface area contributed by atoms with Gasteiger partial charge in [0, 0.05) is 30.1 Å². The average molecular weight is 423 g/mol. The van der Waals surface area contributed by atoms with Gasteiger partial charge in [0.05, 0.1) is 19.3 Å². The first kappa shape index (κ1) is 20.6. The van der Waals surface area contributed by atoms with Crippen molar-refractivity contribution in [3.63, 3.8) is 0 Å². The molecule has 3 heterocycles. The van der Waals surface area contributed by atoms with Gasteiger partial charge in [0.15, 0.2) is 6.29 Å². The zero-order valence-corrected chi connectivity index (χ0v) is 17.8. The summed E-state index contributed by atoms with van der Waals surface area (Å²) in [6.45, 7) is 5.65. The van der Waals surface area contributed by atoms with Crippen LogP contribution in [0.2, 0.25) is 5.02 Å². The lowest BCUT2D eigenvalue weighted by atomic mass is 9.86. The van der Waals surface area contributed by atoms with Gasteiger partial charge in [0.25, 0.3) is 5.91 Å². The van der Waals surface area contributed by atoms with E-state index in [1.165, 1.54) is 5.06 Å². The molecule has 1 spiro atoms. The lowest BCUT2D eigenvalue weighted by Gasteiger charge is -2.43. The molecule has 0 radical (unpaired) electrons. The third kappa shape index (κ3) is 3.45. The smallest absolute Gasteiger partial charge is 0.282 e. The topological polar surface area (TPSA) is 71.5 Å². The molecule has 3 aliphatic rings. The van der Waals surface area contributed by atoms with Gasteiger partial charge in [-0.2, -0.15) is 5.06 Å². The van der Waals surface area contributed by atoms with E-state index in [1.807, 2.05) is 31.0 Å². The molecule has 1 aromatic carbocycles. The van der Waals surface area contributed by atoms with Crippen molar-refractivity contribution in [1.82, 2.24) is 10.1 Å². The quantitative estimate of drug-likeness (QED) is 0.800. The van der Waals surface area contributed by atoms with Crippen molar-refractivity contribution in [2.75, 3.05) is 26.8 Å². The molecule has 3 aliphatic heterocycles. The molecule has 1 atom stereocenters. The average Bonchev–Trinajstić information content (AvgIpc) is 3.28. The second-order valence-electron chi connectivity index (χ2n) is 7.93. The molecule has 0 aliphatic carbocycles. The van der Waals surface area contributed by atoms with E-state index in [-0.39, 0.29) is 17.2 Å². The van der Waals surface area contributed by atoms with Crippen LogP contribution in [0.5, 0.6) is 0 Å². The van der Waals surface area contributed by atoms with Gasteiger partial charge in [-0.1, -0.05) is 11.6 Å². The van der Waals surface area contributed by atoms with Crippen LogP contribution < -0.4 is 0 Å².